The van der Waals surface area contributed by atoms with Crippen molar-refractivity contribution in [1.82, 2.24) is 15.1 Å². The Labute approximate surface area is 201 Å². The van der Waals surface area contributed by atoms with E-state index in [0.717, 1.165) is 45.1 Å². The van der Waals surface area contributed by atoms with Gasteiger partial charge in [0.05, 0.1) is 12.1 Å². The minimum Gasteiger partial charge on any atom is -0.478 e. The molecule has 1 aliphatic rings. The monoisotopic (exact) mass is 465 g/mol. The molecule has 1 saturated heterocycles. The lowest BCUT2D eigenvalue weighted by Gasteiger charge is -2.40. The van der Waals surface area contributed by atoms with Gasteiger partial charge in [0.1, 0.15) is 6.04 Å². The van der Waals surface area contributed by atoms with Crippen LogP contribution in [0.15, 0.2) is 11.6 Å². The first-order chi connectivity index (χ1) is 15.4. The standard InChI is InChI=1S/C26H47N3O4/c1-9-10-13-20(7)29-15-12-11-14-21(29)24(30)27-23(18(4)5)25(31)28(8)22(17(2)3)16-19(6)26(32)33/h16-18,20-23H,9-15H2,1-8H3,(H,27,30)(H,32,33)/b19-16+/t20?,21-,22-,23+/m1/s1. The van der Waals surface area contributed by atoms with Crippen LogP contribution in [0.3, 0.4) is 0 Å². The second-order valence-electron chi connectivity index (χ2n) is 10.3. The molecule has 0 aromatic rings. The van der Waals surface area contributed by atoms with Crippen LogP contribution >= 0.6 is 0 Å². The van der Waals surface area contributed by atoms with Crippen molar-refractivity contribution in [3.8, 4) is 0 Å². The number of rotatable bonds is 12. The third-order valence-electron chi connectivity index (χ3n) is 6.85. The number of nitrogens with one attached hydrogen (secondary N) is 1. The third kappa shape index (κ3) is 8.43. The summed E-state index contributed by atoms with van der Waals surface area (Å²) in [7, 11) is 1.69. The topological polar surface area (TPSA) is 90.0 Å². The highest BCUT2D eigenvalue weighted by molar-refractivity contribution is 5.90. The summed E-state index contributed by atoms with van der Waals surface area (Å²) in [5, 5.41) is 12.4. The largest absolute Gasteiger partial charge is 0.478 e. The quantitative estimate of drug-likeness (QED) is 0.424. The zero-order valence-corrected chi connectivity index (χ0v) is 22.1. The molecule has 1 heterocycles. The molecule has 1 aliphatic heterocycles. The van der Waals surface area contributed by atoms with E-state index in [0.29, 0.717) is 6.04 Å². The molecule has 1 rings (SSSR count). The van der Waals surface area contributed by atoms with Gasteiger partial charge in [-0.3, -0.25) is 14.5 Å². The smallest absolute Gasteiger partial charge is 0.331 e. The van der Waals surface area contributed by atoms with Crippen molar-refractivity contribution in [2.75, 3.05) is 13.6 Å². The highest BCUT2D eigenvalue weighted by Gasteiger charge is 2.36. The van der Waals surface area contributed by atoms with E-state index in [-0.39, 0.29) is 41.3 Å². The number of carboxylic acid groups (broad SMARTS) is 1. The molecule has 4 atom stereocenters. The van der Waals surface area contributed by atoms with Crippen molar-refractivity contribution in [3.05, 3.63) is 11.6 Å². The summed E-state index contributed by atoms with van der Waals surface area (Å²) in [6.07, 6.45) is 7.91. The average Bonchev–Trinajstić information content (AvgIpc) is 2.77. The average molecular weight is 466 g/mol. The minimum absolute atomic E-state index is 0.0324. The van der Waals surface area contributed by atoms with Crippen molar-refractivity contribution >= 4 is 17.8 Å². The summed E-state index contributed by atoms with van der Waals surface area (Å²) in [4.78, 5) is 42.1. The number of amides is 2. The number of likely N-dealkylation sites (N-methyl/N-ethyl adjacent to an activating group) is 1. The SMILES string of the molecule is CCCCC(C)N1CCCC[C@@H]1C(=O)N[C@H](C(=O)N(C)[C@H](/C=C(\C)C(=O)O)C(C)C)C(C)C. The summed E-state index contributed by atoms with van der Waals surface area (Å²) >= 11 is 0. The molecule has 0 spiro atoms. The Balaban J connectivity index is 3.04. The molecule has 7 heteroatoms. The molecule has 2 amide bonds. The van der Waals surface area contributed by atoms with E-state index in [1.807, 2.05) is 27.7 Å². The molecule has 0 radical (unpaired) electrons. The molecule has 0 aliphatic carbocycles. The maximum Gasteiger partial charge on any atom is 0.331 e. The van der Waals surface area contributed by atoms with Crippen molar-refractivity contribution in [2.24, 2.45) is 11.8 Å². The minimum atomic E-state index is -0.996. The van der Waals surface area contributed by atoms with Crippen LogP contribution in [0.1, 0.15) is 87.0 Å². The van der Waals surface area contributed by atoms with Gasteiger partial charge >= 0.3 is 5.97 Å². The second kappa shape index (κ2) is 13.7. The number of nitrogens with zero attached hydrogens (tertiary/aromatic N) is 2. The van der Waals surface area contributed by atoms with Gasteiger partial charge in [0.2, 0.25) is 11.8 Å². The molecule has 190 valence electrons. The fraction of sp³-hybridized carbons (Fsp3) is 0.808. The predicted molar refractivity (Wildman–Crippen MR) is 133 cm³/mol. The van der Waals surface area contributed by atoms with E-state index in [2.05, 4.69) is 24.1 Å². The van der Waals surface area contributed by atoms with Gasteiger partial charge in [-0.05, 0) is 51.5 Å². The summed E-state index contributed by atoms with van der Waals surface area (Å²) in [6, 6.07) is -0.893. The van der Waals surface area contributed by atoms with E-state index in [4.69, 9.17) is 0 Å². The van der Waals surface area contributed by atoms with Crippen LogP contribution in [0.4, 0.5) is 0 Å². The predicted octanol–water partition coefficient (Wildman–Crippen LogP) is 4.07. The zero-order valence-electron chi connectivity index (χ0n) is 22.1. The van der Waals surface area contributed by atoms with Crippen LogP contribution in [0, 0.1) is 11.8 Å². The van der Waals surface area contributed by atoms with Crippen molar-refractivity contribution < 1.29 is 19.5 Å². The van der Waals surface area contributed by atoms with E-state index in [1.165, 1.54) is 6.92 Å². The molecule has 0 bridgehead atoms. The third-order valence-corrected chi connectivity index (χ3v) is 6.85. The maximum absolute atomic E-state index is 13.5. The summed E-state index contributed by atoms with van der Waals surface area (Å²) < 4.78 is 0. The van der Waals surface area contributed by atoms with Crippen molar-refractivity contribution in [1.29, 1.82) is 0 Å². The van der Waals surface area contributed by atoms with E-state index >= 15 is 0 Å². The van der Waals surface area contributed by atoms with Crippen LogP contribution < -0.4 is 5.32 Å². The molecule has 2 N–H and O–H groups in total. The van der Waals surface area contributed by atoms with Crippen molar-refractivity contribution in [3.63, 3.8) is 0 Å². The van der Waals surface area contributed by atoms with Gasteiger partial charge in [0, 0.05) is 18.7 Å². The van der Waals surface area contributed by atoms with E-state index < -0.39 is 12.0 Å². The molecular formula is C26H47N3O4. The Morgan fingerprint density at radius 1 is 1.12 bits per heavy atom. The fourth-order valence-corrected chi connectivity index (χ4v) is 4.64. The summed E-state index contributed by atoms with van der Waals surface area (Å²) in [6.45, 7) is 14.6. The van der Waals surface area contributed by atoms with Crippen LogP contribution in [-0.4, -0.2) is 70.4 Å². The first kappa shape index (κ1) is 29.1. The lowest BCUT2D eigenvalue weighted by Crippen LogP contribution is -2.59. The number of carbonyl (C=O) groups excluding carboxylic acids is 2. The lowest BCUT2D eigenvalue weighted by molar-refractivity contribution is -0.140. The molecule has 0 aromatic heterocycles. The Hall–Kier alpha value is -1.89. The summed E-state index contributed by atoms with van der Waals surface area (Å²) in [5.41, 5.74) is 0.206. The number of aliphatic carboxylic acids is 1. The molecule has 33 heavy (non-hydrogen) atoms. The molecule has 7 nitrogen and oxygen atoms in total. The van der Waals surface area contributed by atoms with Crippen molar-refractivity contribution in [2.45, 2.75) is 111 Å². The second-order valence-corrected chi connectivity index (χ2v) is 10.3. The van der Waals surface area contributed by atoms with Gasteiger partial charge in [-0.15, -0.1) is 0 Å². The molecular weight excluding hydrogens is 418 g/mol. The van der Waals surface area contributed by atoms with Gasteiger partial charge in [-0.2, -0.15) is 0 Å². The number of carboxylic acids is 1. The van der Waals surface area contributed by atoms with E-state index in [1.54, 1.807) is 18.0 Å². The van der Waals surface area contributed by atoms with Crippen LogP contribution in [0.25, 0.3) is 0 Å². The Kier molecular flexibility index (Phi) is 12.1. The van der Waals surface area contributed by atoms with E-state index in [9.17, 15) is 19.5 Å². The van der Waals surface area contributed by atoms with Crippen LogP contribution in [-0.2, 0) is 14.4 Å². The van der Waals surface area contributed by atoms with Gasteiger partial charge < -0.3 is 15.3 Å². The normalized spacial score (nSPS) is 20.4. The number of piperidine rings is 1. The number of hydrogen-bond acceptors (Lipinski definition) is 4. The Morgan fingerprint density at radius 2 is 1.76 bits per heavy atom. The Bertz CT molecular complexity index is 689. The molecule has 0 aromatic carbocycles. The fourth-order valence-electron chi connectivity index (χ4n) is 4.64. The molecule has 1 fully saturated rings. The van der Waals surface area contributed by atoms with Gasteiger partial charge in [0.25, 0.3) is 0 Å². The maximum atomic E-state index is 13.5. The van der Waals surface area contributed by atoms with Gasteiger partial charge in [0.15, 0.2) is 0 Å². The highest BCUT2D eigenvalue weighted by atomic mass is 16.4. The lowest BCUT2D eigenvalue weighted by atomic mass is 9.95. The zero-order chi connectivity index (χ0) is 25.3. The highest BCUT2D eigenvalue weighted by Crippen LogP contribution is 2.23. The first-order valence-corrected chi connectivity index (χ1v) is 12.7. The Morgan fingerprint density at radius 3 is 2.27 bits per heavy atom. The first-order valence-electron chi connectivity index (χ1n) is 12.7. The number of carbonyl (C=O) groups is 3. The number of unbranched alkanes of at least 4 members (excludes halogenated alkanes) is 1. The number of hydrogen-bond donors (Lipinski definition) is 2. The number of likely N-dealkylation sites (tertiary alicyclic amines) is 1. The van der Waals surface area contributed by atoms with Gasteiger partial charge in [-0.25, -0.2) is 4.79 Å². The molecule has 0 saturated carbocycles. The van der Waals surface area contributed by atoms with Crippen LogP contribution in [0.5, 0.6) is 0 Å². The summed E-state index contributed by atoms with van der Waals surface area (Å²) in [5.74, 6) is -1.31. The molecule has 1 unspecified atom stereocenters. The van der Waals surface area contributed by atoms with Crippen LogP contribution in [0.2, 0.25) is 0 Å². The van der Waals surface area contributed by atoms with Gasteiger partial charge in [-0.1, -0.05) is 60.0 Å².